The van der Waals surface area contributed by atoms with Crippen LogP contribution >= 0.6 is 0 Å². The molecule has 0 saturated heterocycles. The molecule has 0 spiro atoms. The smallest absolute Gasteiger partial charge is 0.242 e. The third kappa shape index (κ3) is 1.65. The Morgan fingerprint density at radius 3 is 3.00 bits per heavy atom. The second-order valence-electron chi connectivity index (χ2n) is 2.76. The van der Waals surface area contributed by atoms with Gasteiger partial charge in [0.1, 0.15) is 0 Å². The molecule has 0 aliphatic carbocycles. The van der Waals surface area contributed by atoms with Crippen LogP contribution in [-0.4, -0.2) is 35.5 Å². The van der Waals surface area contributed by atoms with E-state index >= 15 is 0 Å². The van der Waals surface area contributed by atoms with Crippen molar-refractivity contribution in [1.29, 1.82) is 0 Å². The molecule has 0 N–H and O–H groups in total. The zero-order chi connectivity index (χ0) is 9.97. The average molecular weight is 192 g/mol. The number of carbonyl (C=O) groups excluding carboxylic acids is 1. The van der Waals surface area contributed by atoms with Gasteiger partial charge >= 0.3 is 0 Å². The minimum atomic E-state index is -0.184. The number of hydrogen-bond donors (Lipinski definition) is 0. The van der Waals surface area contributed by atoms with Crippen molar-refractivity contribution in [2.24, 2.45) is 7.05 Å². The number of hydrogen-bond acceptors (Lipinski definition) is 5. The maximum atomic E-state index is 11.5. The lowest BCUT2D eigenvalue weighted by molar-refractivity contribution is 0.0961. The van der Waals surface area contributed by atoms with Gasteiger partial charge in [0.25, 0.3) is 0 Å². The van der Waals surface area contributed by atoms with Crippen molar-refractivity contribution in [3.05, 3.63) is 24.5 Å². The number of nitrogens with zero attached hydrogens (tertiary/aromatic N) is 6. The predicted octanol–water partition coefficient (Wildman–Crippen LogP) is -0.711. The van der Waals surface area contributed by atoms with E-state index in [9.17, 15) is 4.79 Å². The topological polar surface area (TPSA) is 78.5 Å². The van der Waals surface area contributed by atoms with Crippen LogP contribution in [0.3, 0.4) is 0 Å². The SMILES string of the molecule is Cn1nnc(C(=O)Cn2ccnc2)n1. The summed E-state index contributed by atoms with van der Waals surface area (Å²) < 4.78 is 1.65. The Hall–Kier alpha value is -2.05. The Bertz CT molecular complexity index is 431. The van der Waals surface area contributed by atoms with Crippen molar-refractivity contribution in [2.45, 2.75) is 6.54 Å². The van der Waals surface area contributed by atoms with E-state index in [0.29, 0.717) is 0 Å². The fraction of sp³-hybridized carbons (Fsp3) is 0.286. The molecule has 0 amide bonds. The fourth-order valence-electron chi connectivity index (χ4n) is 1.01. The molecule has 2 aromatic rings. The van der Waals surface area contributed by atoms with Gasteiger partial charge in [-0.05, 0) is 5.21 Å². The lowest BCUT2D eigenvalue weighted by Gasteiger charge is -1.95. The first kappa shape index (κ1) is 8.54. The summed E-state index contributed by atoms with van der Waals surface area (Å²) in [5, 5.41) is 11.0. The lowest BCUT2D eigenvalue weighted by atomic mass is 10.4. The van der Waals surface area contributed by atoms with Crippen molar-refractivity contribution in [1.82, 2.24) is 29.8 Å². The van der Waals surface area contributed by atoms with Crippen LogP contribution in [0.15, 0.2) is 18.7 Å². The van der Waals surface area contributed by atoms with Crippen molar-refractivity contribution in [3.8, 4) is 0 Å². The van der Waals surface area contributed by atoms with Crippen molar-refractivity contribution in [3.63, 3.8) is 0 Å². The van der Waals surface area contributed by atoms with E-state index in [2.05, 4.69) is 20.4 Å². The Morgan fingerprint density at radius 1 is 1.57 bits per heavy atom. The second-order valence-corrected chi connectivity index (χ2v) is 2.76. The van der Waals surface area contributed by atoms with Gasteiger partial charge in [-0.2, -0.15) is 4.80 Å². The van der Waals surface area contributed by atoms with Gasteiger partial charge in [0, 0.05) is 12.4 Å². The predicted molar refractivity (Wildman–Crippen MR) is 45.4 cm³/mol. The first-order chi connectivity index (χ1) is 6.75. The van der Waals surface area contributed by atoms with Gasteiger partial charge in [-0.3, -0.25) is 4.79 Å². The highest BCUT2D eigenvalue weighted by Crippen LogP contribution is 1.93. The number of imidazole rings is 1. The molecule has 0 radical (unpaired) electrons. The van der Waals surface area contributed by atoms with E-state index in [1.807, 2.05) is 0 Å². The zero-order valence-corrected chi connectivity index (χ0v) is 7.53. The van der Waals surface area contributed by atoms with Crippen LogP contribution in [0.4, 0.5) is 0 Å². The number of Topliss-reactive ketones (excluding diaryl/α,β-unsaturated/α-hetero) is 1. The molecule has 0 bridgehead atoms. The number of aryl methyl sites for hydroxylation is 1. The normalized spacial score (nSPS) is 10.4. The molecule has 7 nitrogen and oxygen atoms in total. The first-order valence-electron chi connectivity index (χ1n) is 3.98. The molecule has 2 rings (SSSR count). The number of aromatic nitrogens is 6. The minimum Gasteiger partial charge on any atom is -0.330 e. The van der Waals surface area contributed by atoms with Gasteiger partial charge in [-0.15, -0.1) is 10.2 Å². The number of rotatable bonds is 3. The molecule has 0 aliphatic heterocycles. The molecule has 14 heavy (non-hydrogen) atoms. The molecule has 0 atom stereocenters. The van der Waals surface area contributed by atoms with Crippen molar-refractivity contribution >= 4 is 5.78 Å². The molecule has 72 valence electrons. The lowest BCUT2D eigenvalue weighted by Crippen LogP contribution is -2.11. The maximum absolute atomic E-state index is 11.5. The highest BCUT2D eigenvalue weighted by molar-refractivity contribution is 5.91. The Labute approximate surface area is 79.4 Å². The van der Waals surface area contributed by atoms with E-state index in [1.165, 1.54) is 4.80 Å². The van der Waals surface area contributed by atoms with Crippen LogP contribution in [0.25, 0.3) is 0 Å². The molecule has 2 aromatic heterocycles. The molecule has 0 unspecified atom stereocenters. The number of tetrazole rings is 1. The van der Waals surface area contributed by atoms with Crippen LogP contribution in [0.5, 0.6) is 0 Å². The molecule has 0 aromatic carbocycles. The number of carbonyl (C=O) groups is 1. The van der Waals surface area contributed by atoms with E-state index in [1.54, 1.807) is 30.3 Å². The quantitative estimate of drug-likeness (QED) is 0.600. The largest absolute Gasteiger partial charge is 0.330 e. The van der Waals surface area contributed by atoms with Gasteiger partial charge in [0.2, 0.25) is 11.6 Å². The third-order valence-electron chi connectivity index (χ3n) is 1.64. The van der Waals surface area contributed by atoms with E-state index in [4.69, 9.17) is 0 Å². The molecule has 0 aliphatic rings. The van der Waals surface area contributed by atoms with Gasteiger partial charge in [0.15, 0.2) is 0 Å². The molecular weight excluding hydrogens is 184 g/mol. The van der Waals surface area contributed by atoms with Crippen LogP contribution in [0.2, 0.25) is 0 Å². The molecule has 2 heterocycles. The first-order valence-corrected chi connectivity index (χ1v) is 3.98. The Kier molecular flexibility index (Phi) is 2.05. The van der Waals surface area contributed by atoms with E-state index in [0.717, 1.165) is 0 Å². The van der Waals surface area contributed by atoms with E-state index in [-0.39, 0.29) is 18.2 Å². The average Bonchev–Trinajstić information content (AvgIpc) is 2.75. The molecule has 0 saturated carbocycles. The number of ketones is 1. The monoisotopic (exact) mass is 192 g/mol. The summed E-state index contributed by atoms with van der Waals surface area (Å²) >= 11 is 0. The van der Waals surface area contributed by atoms with Crippen LogP contribution in [0, 0.1) is 0 Å². The highest BCUT2D eigenvalue weighted by atomic mass is 16.1. The van der Waals surface area contributed by atoms with Gasteiger partial charge in [-0.1, -0.05) is 0 Å². The zero-order valence-electron chi connectivity index (χ0n) is 7.53. The van der Waals surface area contributed by atoms with Gasteiger partial charge in [-0.25, -0.2) is 4.98 Å². The van der Waals surface area contributed by atoms with Crippen LogP contribution in [0.1, 0.15) is 10.6 Å². The maximum Gasteiger partial charge on any atom is 0.242 e. The van der Waals surface area contributed by atoms with Crippen LogP contribution in [-0.2, 0) is 13.6 Å². The van der Waals surface area contributed by atoms with Crippen LogP contribution < -0.4 is 0 Å². The summed E-state index contributed by atoms with van der Waals surface area (Å²) in [6.45, 7) is 0.186. The Balaban J connectivity index is 2.10. The molecule has 7 heteroatoms. The Morgan fingerprint density at radius 2 is 2.43 bits per heavy atom. The fourth-order valence-corrected chi connectivity index (χ4v) is 1.01. The summed E-state index contributed by atoms with van der Waals surface area (Å²) in [6.07, 6.45) is 4.87. The minimum absolute atomic E-state index is 0.126. The molecule has 0 fully saturated rings. The van der Waals surface area contributed by atoms with Crippen molar-refractivity contribution in [2.75, 3.05) is 0 Å². The summed E-state index contributed by atoms with van der Waals surface area (Å²) in [6, 6.07) is 0. The summed E-state index contributed by atoms with van der Waals surface area (Å²) in [4.78, 5) is 16.6. The highest BCUT2D eigenvalue weighted by Gasteiger charge is 2.11. The molecular formula is C7H8N6O. The summed E-state index contributed by atoms with van der Waals surface area (Å²) in [5.41, 5.74) is 0. The van der Waals surface area contributed by atoms with Crippen molar-refractivity contribution < 1.29 is 4.79 Å². The van der Waals surface area contributed by atoms with E-state index < -0.39 is 0 Å². The third-order valence-corrected chi connectivity index (χ3v) is 1.64. The second kappa shape index (κ2) is 3.36. The van der Waals surface area contributed by atoms with Gasteiger partial charge in [0.05, 0.1) is 19.9 Å². The van der Waals surface area contributed by atoms with Gasteiger partial charge < -0.3 is 4.57 Å². The standard InChI is InChI=1S/C7H8N6O/c1-12-10-7(9-11-12)6(14)4-13-3-2-8-5-13/h2-3,5H,4H2,1H3. The summed E-state index contributed by atoms with van der Waals surface area (Å²) in [7, 11) is 1.61. The summed E-state index contributed by atoms with van der Waals surface area (Å²) in [5.74, 6) is -0.0581.